The highest BCUT2D eigenvalue weighted by Gasteiger charge is 2.38. The van der Waals surface area contributed by atoms with Gasteiger partial charge in [0.1, 0.15) is 18.7 Å². The van der Waals surface area contributed by atoms with E-state index in [1.54, 1.807) is 6.33 Å². The zero-order valence-corrected chi connectivity index (χ0v) is 18.1. The van der Waals surface area contributed by atoms with Crippen molar-refractivity contribution in [2.75, 3.05) is 44.2 Å². The second kappa shape index (κ2) is 7.82. The van der Waals surface area contributed by atoms with Crippen molar-refractivity contribution >= 4 is 21.1 Å². The number of hydrogen-bond donors (Lipinski definition) is 1. The molecule has 1 aliphatic heterocycles. The summed E-state index contributed by atoms with van der Waals surface area (Å²) in [5.41, 5.74) is 2.68. The van der Waals surface area contributed by atoms with Crippen LogP contribution in [0.3, 0.4) is 0 Å². The molecular formula is C21H28N6OS. The van der Waals surface area contributed by atoms with Crippen LogP contribution in [0.4, 0.5) is 0 Å². The number of aromatic nitrogens is 4. The Balaban J connectivity index is 1.55. The molecule has 0 spiro atoms. The average molecular weight is 413 g/mol. The van der Waals surface area contributed by atoms with Gasteiger partial charge in [0.2, 0.25) is 0 Å². The van der Waals surface area contributed by atoms with Gasteiger partial charge in [-0.1, -0.05) is 0 Å². The first kappa shape index (κ1) is 20.0. The lowest BCUT2D eigenvalue weighted by molar-refractivity contribution is 0.0923. The van der Waals surface area contributed by atoms with Crippen molar-refractivity contribution in [3.05, 3.63) is 37.1 Å². The second-order valence-electron chi connectivity index (χ2n) is 8.55. The van der Waals surface area contributed by atoms with E-state index in [0.29, 0.717) is 13.2 Å². The minimum Gasteiger partial charge on any atom is -0.360 e. The zero-order valence-electron chi connectivity index (χ0n) is 17.3. The topological polar surface area (TPSA) is 80.7 Å². The average Bonchev–Trinajstić information content (AvgIpc) is 3.28. The highest BCUT2D eigenvalue weighted by molar-refractivity contribution is 8.32. The largest absolute Gasteiger partial charge is 0.360 e. The Labute approximate surface area is 173 Å². The van der Waals surface area contributed by atoms with Crippen LogP contribution in [0, 0.1) is 11.3 Å². The summed E-state index contributed by atoms with van der Waals surface area (Å²) < 4.78 is 10.1. The molecule has 7 nitrogen and oxygen atoms in total. The molecule has 29 heavy (non-hydrogen) atoms. The van der Waals surface area contributed by atoms with Crippen molar-refractivity contribution in [1.82, 2.24) is 24.4 Å². The van der Waals surface area contributed by atoms with Crippen LogP contribution in [0.25, 0.3) is 22.3 Å². The van der Waals surface area contributed by atoms with Crippen LogP contribution in [-0.4, -0.2) is 63.3 Å². The zero-order chi connectivity index (χ0) is 20.5. The fourth-order valence-corrected chi connectivity index (χ4v) is 4.22. The molecule has 8 heteroatoms. The Bertz CT molecular complexity index is 1040. The van der Waals surface area contributed by atoms with E-state index in [0.717, 1.165) is 47.7 Å². The van der Waals surface area contributed by atoms with Gasteiger partial charge in [-0.15, -0.1) is 0 Å². The number of rotatable bonds is 8. The Morgan fingerprint density at radius 2 is 2.07 bits per heavy atom. The number of hydrogen-bond acceptors (Lipinski definition) is 5. The van der Waals surface area contributed by atoms with Gasteiger partial charge in [0.15, 0.2) is 0 Å². The van der Waals surface area contributed by atoms with Crippen molar-refractivity contribution in [3.8, 4) is 17.3 Å². The molecule has 4 rings (SSSR count). The minimum absolute atomic E-state index is 0.145. The second-order valence-corrected chi connectivity index (χ2v) is 13.1. The van der Waals surface area contributed by atoms with E-state index in [-0.39, 0.29) is 5.54 Å². The minimum atomic E-state index is -0.549. The normalized spacial score (nSPS) is 16.5. The molecule has 0 saturated carbocycles. The fraction of sp³-hybridized carbons (Fsp3) is 0.476. The fourth-order valence-electron chi connectivity index (χ4n) is 3.60. The van der Waals surface area contributed by atoms with Gasteiger partial charge in [0.05, 0.1) is 30.3 Å². The number of ether oxygens (including phenoxy) is 1. The van der Waals surface area contributed by atoms with E-state index < -0.39 is 10.0 Å². The number of nitriles is 1. The van der Waals surface area contributed by atoms with Gasteiger partial charge in [-0.3, -0.25) is 0 Å². The van der Waals surface area contributed by atoms with Crippen LogP contribution in [0.5, 0.6) is 0 Å². The van der Waals surface area contributed by atoms with E-state index in [4.69, 9.17) is 4.74 Å². The van der Waals surface area contributed by atoms with Gasteiger partial charge < -0.3 is 19.2 Å². The van der Waals surface area contributed by atoms with Gasteiger partial charge in [0, 0.05) is 48.4 Å². The maximum atomic E-state index is 9.20. The summed E-state index contributed by atoms with van der Waals surface area (Å²) in [6.07, 6.45) is 15.2. The molecule has 0 aliphatic carbocycles. The van der Waals surface area contributed by atoms with E-state index in [2.05, 4.69) is 69.2 Å². The van der Waals surface area contributed by atoms with Crippen LogP contribution in [0.1, 0.15) is 6.42 Å². The van der Waals surface area contributed by atoms with Crippen molar-refractivity contribution in [1.29, 1.82) is 5.26 Å². The van der Waals surface area contributed by atoms with E-state index in [9.17, 15) is 5.26 Å². The Kier molecular flexibility index (Phi) is 5.38. The standard InChI is InChI=1S/C21H28N6OS/c1-29(2,3)11-10-28-16-26-8-5-18-19(24-15-25-20(18)26)17-4-9-27(12-17)21(6-7-22)13-23-14-21/h4-5,8-9,12,15,23H,6,10-11,13-14,16H2,1-3H3. The molecule has 0 aromatic carbocycles. The van der Waals surface area contributed by atoms with Crippen LogP contribution in [0.15, 0.2) is 37.1 Å². The molecule has 3 aromatic rings. The quantitative estimate of drug-likeness (QED) is 0.576. The third-order valence-corrected chi connectivity index (χ3v) is 6.85. The van der Waals surface area contributed by atoms with Crippen LogP contribution < -0.4 is 5.32 Å². The van der Waals surface area contributed by atoms with Crippen molar-refractivity contribution in [3.63, 3.8) is 0 Å². The lowest BCUT2D eigenvalue weighted by atomic mass is 9.89. The third kappa shape index (κ3) is 4.04. The number of fused-ring (bicyclic) bond motifs is 1. The predicted octanol–water partition coefficient (Wildman–Crippen LogP) is 2.78. The molecule has 1 aliphatic rings. The summed E-state index contributed by atoms with van der Waals surface area (Å²) in [7, 11) is -0.549. The van der Waals surface area contributed by atoms with Gasteiger partial charge in [-0.25, -0.2) is 20.0 Å². The van der Waals surface area contributed by atoms with Crippen LogP contribution in [0.2, 0.25) is 0 Å². The molecular weight excluding hydrogens is 384 g/mol. The molecule has 3 aromatic heterocycles. The van der Waals surface area contributed by atoms with Gasteiger partial charge >= 0.3 is 0 Å². The monoisotopic (exact) mass is 412 g/mol. The SMILES string of the molecule is CS(C)(C)CCOCn1ccc2c(-c3ccn(C4(CC#N)CNC4)c3)ncnc21. The van der Waals surface area contributed by atoms with Crippen molar-refractivity contribution in [2.24, 2.45) is 0 Å². The first-order valence-corrected chi connectivity index (χ1v) is 12.7. The van der Waals surface area contributed by atoms with Gasteiger partial charge in [0.25, 0.3) is 0 Å². The first-order chi connectivity index (χ1) is 13.9. The van der Waals surface area contributed by atoms with Crippen molar-refractivity contribution in [2.45, 2.75) is 18.7 Å². The van der Waals surface area contributed by atoms with Crippen LogP contribution >= 0.6 is 10.0 Å². The summed E-state index contributed by atoms with van der Waals surface area (Å²) in [4.78, 5) is 9.03. The summed E-state index contributed by atoms with van der Waals surface area (Å²) in [5, 5.41) is 13.5. The Morgan fingerprint density at radius 3 is 2.76 bits per heavy atom. The summed E-state index contributed by atoms with van der Waals surface area (Å²) in [5.74, 6) is 1.10. The highest BCUT2D eigenvalue weighted by atomic mass is 32.3. The lowest BCUT2D eigenvalue weighted by Gasteiger charge is -2.42. The predicted molar refractivity (Wildman–Crippen MR) is 118 cm³/mol. The molecule has 0 radical (unpaired) electrons. The highest BCUT2D eigenvalue weighted by Crippen LogP contribution is 2.34. The molecule has 1 fully saturated rings. The Hall–Kier alpha value is -2.34. The van der Waals surface area contributed by atoms with Gasteiger partial charge in [-0.05, 0) is 30.9 Å². The molecule has 154 valence electrons. The molecule has 0 bridgehead atoms. The third-order valence-electron chi connectivity index (χ3n) is 5.46. The van der Waals surface area contributed by atoms with Crippen LogP contribution in [-0.2, 0) is 17.0 Å². The summed E-state index contributed by atoms with van der Waals surface area (Å²) in [6.45, 7) is 2.89. The molecule has 0 atom stereocenters. The summed E-state index contributed by atoms with van der Waals surface area (Å²) >= 11 is 0. The van der Waals surface area contributed by atoms with E-state index in [1.165, 1.54) is 0 Å². The Morgan fingerprint density at radius 1 is 1.24 bits per heavy atom. The maximum absolute atomic E-state index is 9.20. The van der Waals surface area contributed by atoms with Crippen molar-refractivity contribution < 1.29 is 4.74 Å². The first-order valence-electron chi connectivity index (χ1n) is 9.72. The molecule has 0 amide bonds. The molecule has 0 unspecified atom stereocenters. The van der Waals surface area contributed by atoms with E-state index in [1.807, 2.05) is 10.8 Å². The molecule has 1 N–H and O–H groups in total. The van der Waals surface area contributed by atoms with Gasteiger partial charge in [-0.2, -0.15) is 5.26 Å². The molecule has 4 heterocycles. The lowest BCUT2D eigenvalue weighted by Crippen LogP contribution is -2.59. The summed E-state index contributed by atoms with van der Waals surface area (Å²) in [6, 6.07) is 6.44. The smallest absolute Gasteiger partial charge is 0.145 e. The molecule has 1 saturated heterocycles. The van der Waals surface area contributed by atoms with E-state index >= 15 is 0 Å². The number of nitrogens with zero attached hydrogens (tertiary/aromatic N) is 5. The number of nitrogens with one attached hydrogen (secondary N) is 1. The maximum Gasteiger partial charge on any atom is 0.145 e.